The van der Waals surface area contributed by atoms with Gasteiger partial charge in [-0.2, -0.15) is 0 Å². The van der Waals surface area contributed by atoms with Crippen LogP contribution in [0.1, 0.15) is 25.8 Å². The summed E-state index contributed by atoms with van der Waals surface area (Å²) in [7, 11) is 5.60. The molecule has 1 aromatic carbocycles. The molecule has 1 fully saturated rings. The molecule has 3 rings (SSSR count). The van der Waals surface area contributed by atoms with Crippen molar-refractivity contribution in [2.24, 2.45) is 0 Å². The van der Waals surface area contributed by atoms with E-state index in [-0.39, 0.29) is 19.1 Å². The molecule has 0 atom stereocenters. The second kappa shape index (κ2) is 10.4. The number of likely N-dealkylation sites (N-methyl/N-ethyl adjacent to an activating group) is 1. The lowest BCUT2D eigenvalue weighted by atomic mass is 10.1. The van der Waals surface area contributed by atoms with Gasteiger partial charge in [-0.05, 0) is 47.0 Å². The zero-order valence-electron chi connectivity index (χ0n) is 20.0. The van der Waals surface area contributed by atoms with Crippen molar-refractivity contribution in [2.45, 2.75) is 39.0 Å². The lowest BCUT2D eigenvalue weighted by Gasteiger charge is -2.42. The van der Waals surface area contributed by atoms with Gasteiger partial charge in [0.15, 0.2) is 6.61 Å². The van der Waals surface area contributed by atoms with Gasteiger partial charge in [-0.1, -0.05) is 0 Å². The Morgan fingerprint density at radius 1 is 1.27 bits per heavy atom. The maximum absolute atomic E-state index is 12.3. The van der Waals surface area contributed by atoms with Gasteiger partial charge < -0.3 is 29.3 Å². The number of thiazole rings is 1. The Hall–Kier alpha value is -2.85. The summed E-state index contributed by atoms with van der Waals surface area (Å²) in [6.07, 6.45) is -0.483. The Bertz CT molecular complexity index is 979. The van der Waals surface area contributed by atoms with Gasteiger partial charge >= 0.3 is 6.09 Å². The smallest absolute Gasteiger partial charge is 0.408 e. The SMILES string of the molecule is COc1cc(OCC(=O)N2CC(N(C)C)C2)ccc1-c1csc(CNC(=O)OC(C)(C)C)n1. The van der Waals surface area contributed by atoms with Crippen molar-refractivity contribution in [2.75, 3.05) is 40.9 Å². The fourth-order valence-electron chi connectivity index (χ4n) is 3.17. The van der Waals surface area contributed by atoms with Crippen molar-refractivity contribution in [1.82, 2.24) is 20.1 Å². The summed E-state index contributed by atoms with van der Waals surface area (Å²) >= 11 is 1.43. The van der Waals surface area contributed by atoms with Crippen molar-refractivity contribution < 1.29 is 23.8 Å². The van der Waals surface area contributed by atoms with Crippen LogP contribution in [0.25, 0.3) is 11.3 Å². The standard InChI is InChI=1S/C23H32N4O5S/c1-23(2,3)32-22(29)24-10-20-25-18(14-33-20)17-8-7-16(9-19(17)30-6)31-13-21(28)27-11-15(12-27)26(4)5/h7-9,14-15H,10-13H2,1-6H3,(H,24,29). The highest BCUT2D eigenvalue weighted by Crippen LogP contribution is 2.34. The quantitative estimate of drug-likeness (QED) is 0.626. The summed E-state index contributed by atoms with van der Waals surface area (Å²) < 4.78 is 16.5. The normalized spacial score (nSPS) is 14.1. The molecule has 0 radical (unpaired) electrons. The Morgan fingerprint density at radius 2 is 2.00 bits per heavy atom. The Labute approximate surface area is 198 Å². The van der Waals surface area contributed by atoms with Crippen molar-refractivity contribution in [3.8, 4) is 22.8 Å². The highest BCUT2D eigenvalue weighted by Gasteiger charge is 2.31. The molecule has 0 aliphatic carbocycles. The summed E-state index contributed by atoms with van der Waals surface area (Å²) in [6, 6.07) is 5.81. The maximum atomic E-state index is 12.3. The first-order valence-electron chi connectivity index (χ1n) is 10.7. The average molecular weight is 477 g/mol. The predicted molar refractivity (Wildman–Crippen MR) is 127 cm³/mol. The molecule has 0 bridgehead atoms. The van der Waals surface area contributed by atoms with Gasteiger partial charge in [0.1, 0.15) is 22.1 Å². The molecule has 1 N–H and O–H groups in total. The van der Waals surface area contributed by atoms with E-state index in [1.165, 1.54) is 11.3 Å². The number of rotatable bonds is 8. The number of carbonyl (C=O) groups is 2. The van der Waals surface area contributed by atoms with Crippen LogP contribution in [0.5, 0.6) is 11.5 Å². The molecule has 9 nitrogen and oxygen atoms in total. The molecule has 1 aromatic heterocycles. The monoisotopic (exact) mass is 476 g/mol. The summed E-state index contributed by atoms with van der Waals surface area (Å²) in [5.74, 6) is 1.11. The van der Waals surface area contributed by atoms with Crippen LogP contribution < -0.4 is 14.8 Å². The van der Waals surface area contributed by atoms with E-state index in [1.54, 1.807) is 24.1 Å². The van der Waals surface area contributed by atoms with Crippen LogP contribution in [0.15, 0.2) is 23.6 Å². The number of nitrogens with one attached hydrogen (secondary N) is 1. The number of ether oxygens (including phenoxy) is 3. The minimum absolute atomic E-state index is 0.0141. The summed E-state index contributed by atoms with van der Waals surface area (Å²) in [6.45, 7) is 7.16. The second-order valence-electron chi connectivity index (χ2n) is 9.05. The van der Waals surface area contributed by atoms with Crippen LogP contribution in [0.2, 0.25) is 0 Å². The number of methoxy groups -OCH3 is 1. The van der Waals surface area contributed by atoms with Crippen LogP contribution >= 0.6 is 11.3 Å². The largest absolute Gasteiger partial charge is 0.496 e. The highest BCUT2D eigenvalue weighted by atomic mass is 32.1. The Kier molecular flexibility index (Phi) is 7.80. The van der Waals surface area contributed by atoms with E-state index in [0.29, 0.717) is 17.5 Å². The van der Waals surface area contributed by atoms with Crippen molar-refractivity contribution >= 4 is 23.3 Å². The molecule has 0 unspecified atom stereocenters. The molecule has 10 heteroatoms. The molecule has 1 aliphatic heterocycles. The predicted octanol–water partition coefficient (Wildman–Crippen LogP) is 2.99. The first-order valence-corrected chi connectivity index (χ1v) is 11.6. The number of benzene rings is 1. The Morgan fingerprint density at radius 3 is 2.64 bits per heavy atom. The zero-order valence-corrected chi connectivity index (χ0v) is 20.8. The lowest BCUT2D eigenvalue weighted by molar-refractivity contribution is -0.140. The first-order chi connectivity index (χ1) is 15.6. The van der Waals surface area contributed by atoms with E-state index in [4.69, 9.17) is 14.2 Å². The van der Waals surface area contributed by atoms with Crippen molar-refractivity contribution in [1.29, 1.82) is 0 Å². The van der Waals surface area contributed by atoms with Crippen LogP contribution in [-0.2, 0) is 16.1 Å². The number of carbonyl (C=O) groups excluding carboxylic acids is 2. The average Bonchev–Trinajstić information content (AvgIpc) is 3.16. The molecule has 33 heavy (non-hydrogen) atoms. The molecule has 2 amide bonds. The molecule has 2 heterocycles. The summed E-state index contributed by atoms with van der Waals surface area (Å²) in [5, 5.41) is 5.36. The highest BCUT2D eigenvalue weighted by molar-refractivity contribution is 7.09. The van der Waals surface area contributed by atoms with E-state index in [0.717, 1.165) is 29.4 Å². The van der Waals surface area contributed by atoms with E-state index in [1.807, 2.05) is 46.3 Å². The molecule has 180 valence electrons. The molecule has 0 saturated carbocycles. The van der Waals surface area contributed by atoms with Crippen LogP contribution in [0.3, 0.4) is 0 Å². The minimum atomic E-state index is -0.552. The number of hydrogen-bond acceptors (Lipinski definition) is 8. The Balaban J connectivity index is 1.56. The lowest BCUT2D eigenvalue weighted by Crippen LogP contribution is -2.60. The van der Waals surface area contributed by atoms with E-state index in [9.17, 15) is 9.59 Å². The summed E-state index contributed by atoms with van der Waals surface area (Å²) in [5.41, 5.74) is 0.979. The second-order valence-corrected chi connectivity index (χ2v) is 9.99. The van der Waals surface area contributed by atoms with Crippen LogP contribution in [0.4, 0.5) is 4.79 Å². The zero-order chi connectivity index (χ0) is 24.2. The first kappa shape index (κ1) is 24.8. The molecular formula is C23H32N4O5S. The van der Waals surface area contributed by atoms with E-state index < -0.39 is 11.7 Å². The third-order valence-corrected chi connectivity index (χ3v) is 5.94. The fourth-order valence-corrected chi connectivity index (χ4v) is 3.91. The fraction of sp³-hybridized carbons (Fsp3) is 0.522. The number of nitrogens with zero attached hydrogens (tertiary/aromatic N) is 3. The van der Waals surface area contributed by atoms with E-state index >= 15 is 0 Å². The number of amides is 2. The molecule has 1 saturated heterocycles. The van der Waals surface area contributed by atoms with Crippen LogP contribution in [0, 0.1) is 0 Å². The topological polar surface area (TPSA) is 93.2 Å². The molecular weight excluding hydrogens is 444 g/mol. The van der Waals surface area contributed by atoms with Crippen LogP contribution in [-0.4, -0.2) is 79.3 Å². The number of aromatic nitrogens is 1. The number of likely N-dealkylation sites (tertiary alicyclic amines) is 1. The third-order valence-electron chi connectivity index (χ3n) is 5.09. The molecule has 2 aromatic rings. The van der Waals surface area contributed by atoms with E-state index in [2.05, 4.69) is 15.2 Å². The molecule has 0 spiro atoms. The van der Waals surface area contributed by atoms with Gasteiger partial charge in [-0.25, -0.2) is 9.78 Å². The maximum Gasteiger partial charge on any atom is 0.408 e. The van der Waals surface area contributed by atoms with Gasteiger partial charge in [-0.3, -0.25) is 4.79 Å². The van der Waals surface area contributed by atoms with Gasteiger partial charge in [-0.15, -0.1) is 11.3 Å². The third kappa shape index (κ3) is 6.82. The van der Waals surface area contributed by atoms with Crippen molar-refractivity contribution in [3.63, 3.8) is 0 Å². The van der Waals surface area contributed by atoms with Gasteiger partial charge in [0, 0.05) is 36.1 Å². The number of alkyl carbamates (subject to hydrolysis) is 1. The minimum Gasteiger partial charge on any atom is -0.496 e. The summed E-state index contributed by atoms with van der Waals surface area (Å²) in [4.78, 5) is 32.6. The van der Waals surface area contributed by atoms with Crippen molar-refractivity contribution in [3.05, 3.63) is 28.6 Å². The van der Waals surface area contributed by atoms with Gasteiger partial charge in [0.05, 0.1) is 19.3 Å². The molecule has 1 aliphatic rings. The number of hydrogen-bond donors (Lipinski definition) is 1. The van der Waals surface area contributed by atoms with Gasteiger partial charge in [0.25, 0.3) is 5.91 Å². The van der Waals surface area contributed by atoms with Gasteiger partial charge in [0.2, 0.25) is 0 Å².